The fourth-order valence-electron chi connectivity index (χ4n) is 2.52. The van der Waals surface area contributed by atoms with Crippen molar-refractivity contribution in [2.45, 2.75) is 19.5 Å². The minimum Gasteiger partial charge on any atom is -0.508 e. The van der Waals surface area contributed by atoms with Crippen LogP contribution in [0.3, 0.4) is 0 Å². The summed E-state index contributed by atoms with van der Waals surface area (Å²) in [5, 5.41) is 18.4. The van der Waals surface area contributed by atoms with Crippen LogP contribution < -0.4 is 0 Å². The Labute approximate surface area is 124 Å². The Balaban J connectivity index is 2.31. The highest BCUT2D eigenvalue weighted by molar-refractivity contribution is 5.96. The van der Waals surface area contributed by atoms with Crippen molar-refractivity contribution in [2.24, 2.45) is 5.41 Å². The molecule has 1 aromatic carbocycles. The molecule has 0 saturated carbocycles. The van der Waals surface area contributed by atoms with Crippen molar-refractivity contribution >= 4 is 11.9 Å². The molecule has 1 unspecified atom stereocenters. The average molecular weight is 317 g/mol. The van der Waals surface area contributed by atoms with Gasteiger partial charge in [0.2, 0.25) is 0 Å². The summed E-state index contributed by atoms with van der Waals surface area (Å²) in [5.41, 5.74) is -2.39. The zero-order valence-corrected chi connectivity index (χ0v) is 11.6. The van der Waals surface area contributed by atoms with Gasteiger partial charge in [-0.3, -0.25) is 9.59 Å². The third-order valence-corrected chi connectivity index (χ3v) is 3.96. The molecule has 0 bridgehead atoms. The summed E-state index contributed by atoms with van der Waals surface area (Å²) in [6.45, 7) is 0.344. The average Bonchev–Trinajstić information content (AvgIpc) is 2.87. The van der Waals surface area contributed by atoms with E-state index >= 15 is 0 Å². The van der Waals surface area contributed by atoms with E-state index in [9.17, 15) is 27.9 Å². The van der Waals surface area contributed by atoms with E-state index in [1.165, 1.54) is 12.1 Å². The van der Waals surface area contributed by atoms with Crippen LogP contribution in [0.4, 0.5) is 13.2 Å². The van der Waals surface area contributed by atoms with E-state index in [0.29, 0.717) is 5.56 Å². The first-order valence-electron chi connectivity index (χ1n) is 6.47. The number of nitrogens with zero attached hydrogens (tertiary/aromatic N) is 1. The molecule has 1 aliphatic rings. The molecule has 0 radical (unpaired) electrons. The lowest BCUT2D eigenvalue weighted by molar-refractivity contribution is -0.227. The minimum atomic E-state index is -4.94. The van der Waals surface area contributed by atoms with Crippen LogP contribution in [0.1, 0.15) is 22.3 Å². The fraction of sp³-hybridized carbons (Fsp3) is 0.429. The van der Waals surface area contributed by atoms with Gasteiger partial charge in [0.15, 0.2) is 5.41 Å². The smallest absolute Gasteiger partial charge is 0.406 e. The van der Waals surface area contributed by atoms with Crippen LogP contribution in [0, 0.1) is 12.3 Å². The lowest BCUT2D eigenvalue weighted by Gasteiger charge is -2.27. The Kier molecular flexibility index (Phi) is 3.80. The second-order valence-corrected chi connectivity index (χ2v) is 5.36. The van der Waals surface area contributed by atoms with Gasteiger partial charge in [0.05, 0.1) is 0 Å². The molecular weight excluding hydrogens is 303 g/mol. The van der Waals surface area contributed by atoms with Gasteiger partial charge in [-0.2, -0.15) is 13.2 Å². The van der Waals surface area contributed by atoms with Gasteiger partial charge < -0.3 is 15.1 Å². The summed E-state index contributed by atoms with van der Waals surface area (Å²) >= 11 is 0. The summed E-state index contributed by atoms with van der Waals surface area (Å²) < 4.78 is 39.3. The van der Waals surface area contributed by atoms with Gasteiger partial charge in [0.25, 0.3) is 5.91 Å². The molecule has 5 nitrogen and oxygen atoms in total. The van der Waals surface area contributed by atoms with E-state index in [2.05, 4.69) is 0 Å². The number of aliphatic carboxylic acids is 1. The second-order valence-electron chi connectivity index (χ2n) is 5.36. The van der Waals surface area contributed by atoms with Crippen molar-refractivity contribution in [2.75, 3.05) is 13.1 Å². The van der Waals surface area contributed by atoms with Gasteiger partial charge in [0, 0.05) is 18.7 Å². The molecule has 1 heterocycles. The van der Waals surface area contributed by atoms with Crippen LogP contribution in [0.15, 0.2) is 18.2 Å². The minimum absolute atomic E-state index is 0.0587. The third-order valence-electron chi connectivity index (χ3n) is 3.96. The van der Waals surface area contributed by atoms with Crippen molar-refractivity contribution in [3.8, 4) is 5.75 Å². The zero-order chi connectivity index (χ0) is 16.7. The van der Waals surface area contributed by atoms with Crippen LogP contribution in [-0.4, -0.2) is 46.3 Å². The summed E-state index contributed by atoms with van der Waals surface area (Å²) in [6, 6.07) is 3.98. The topological polar surface area (TPSA) is 77.8 Å². The molecule has 120 valence electrons. The number of likely N-dealkylation sites (tertiary alicyclic amines) is 1. The van der Waals surface area contributed by atoms with E-state index in [4.69, 9.17) is 5.11 Å². The number of hydrogen-bond acceptors (Lipinski definition) is 3. The molecule has 2 rings (SSSR count). The van der Waals surface area contributed by atoms with Crippen LogP contribution in [0.2, 0.25) is 0 Å². The SMILES string of the molecule is Cc1ccc(O)cc1C(=O)N1CCC(C(=O)O)(C(F)(F)F)C1. The highest BCUT2D eigenvalue weighted by Gasteiger charge is 2.64. The molecule has 1 amide bonds. The quantitative estimate of drug-likeness (QED) is 0.876. The summed E-state index contributed by atoms with van der Waals surface area (Å²) in [7, 11) is 0. The number of aromatic hydroxyl groups is 1. The first kappa shape index (κ1) is 16.1. The Morgan fingerprint density at radius 3 is 2.45 bits per heavy atom. The van der Waals surface area contributed by atoms with E-state index in [1.807, 2.05) is 0 Å². The van der Waals surface area contributed by atoms with Gasteiger partial charge in [0.1, 0.15) is 5.75 Å². The number of carboxylic acid groups (broad SMARTS) is 1. The van der Waals surface area contributed by atoms with Crippen molar-refractivity contribution < 1.29 is 33.0 Å². The maximum absolute atomic E-state index is 13.1. The molecule has 1 fully saturated rings. The highest BCUT2D eigenvalue weighted by Crippen LogP contribution is 2.46. The van der Waals surface area contributed by atoms with Gasteiger partial charge >= 0.3 is 12.1 Å². The monoisotopic (exact) mass is 317 g/mol. The molecule has 0 aromatic heterocycles. The van der Waals surface area contributed by atoms with Gasteiger partial charge in [-0.05, 0) is 31.0 Å². The first-order chi connectivity index (χ1) is 10.1. The van der Waals surface area contributed by atoms with E-state index in [1.54, 1.807) is 6.92 Å². The molecule has 22 heavy (non-hydrogen) atoms. The fourth-order valence-corrected chi connectivity index (χ4v) is 2.52. The molecular formula is C14H14F3NO4. The number of amides is 1. The molecule has 0 spiro atoms. The number of benzene rings is 1. The molecule has 0 aliphatic carbocycles. The maximum atomic E-state index is 13.1. The van der Waals surface area contributed by atoms with Crippen molar-refractivity contribution in [1.29, 1.82) is 0 Å². The Bertz CT molecular complexity index is 629. The van der Waals surface area contributed by atoms with Gasteiger partial charge in [-0.15, -0.1) is 0 Å². The van der Waals surface area contributed by atoms with Crippen molar-refractivity contribution in [1.82, 2.24) is 4.90 Å². The number of hydrogen-bond donors (Lipinski definition) is 2. The lowest BCUT2D eigenvalue weighted by atomic mass is 9.86. The number of carbonyl (C=O) groups excluding carboxylic acids is 1. The van der Waals surface area contributed by atoms with Crippen LogP contribution >= 0.6 is 0 Å². The molecule has 1 saturated heterocycles. The van der Waals surface area contributed by atoms with Gasteiger partial charge in [-0.1, -0.05) is 6.07 Å². The third kappa shape index (κ3) is 2.49. The summed E-state index contributed by atoms with van der Waals surface area (Å²) in [4.78, 5) is 24.3. The van der Waals surface area contributed by atoms with Crippen molar-refractivity contribution in [3.05, 3.63) is 29.3 Å². The molecule has 1 aliphatic heterocycles. The molecule has 1 atom stereocenters. The summed E-state index contributed by atoms with van der Waals surface area (Å²) in [5.74, 6) is -2.89. The van der Waals surface area contributed by atoms with E-state index in [-0.39, 0.29) is 17.9 Å². The predicted octanol–water partition coefficient (Wildman–Crippen LogP) is 2.18. The standard InChI is InChI=1S/C14H14F3NO4/c1-8-2-3-9(19)6-10(8)11(20)18-5-4-13(7-18,12(21)22)14(15,16)17/h2-3,6,19H,4-5,7H2,1H3,(H,21,22). The predicted molar refractivity (Wildman–Crippen MR) is 69.5 cm³/mol. The van der Waals surface area contributed by atoms with E-state index < -0.39 is 36.4 Å². The zero-order valence-electron chi connectivity index (χ0n) is 11.6. The number of rotatable bonds is 2. The number of halogens is 3. The normalized spacial score (nSPS) is 21.9. The number of phenolic OH excluding ortho intramolecular Hbond substituents is 1. The first-order valence-corrected chi connectivity index (χ1v) is 6.47. The molecule has 8 heteroatoms. The van der Waals surface area contributed by atoms with E-state index in [0.717, 1.165) is 11.0 Å². The van der Waals surface area contributed by atoms with Crippen LogP contribution in [0.5, 0.6) is 5.75 Å². The molecule has 2 N–H and O–H groups in total. The lowest BCUT2D eigenvalue weighted by Crippen LogP contribution is -2.47. The Morgan fingerprint density at radius 2 is 1.95 bits per heavy atom. The largest absolute Gasteiger partial charge is 0.508 e. The Hall–Kier alpha value is -2.25. The summed E-state index contributed by atoms with van der Waals surface area (Å²) in [6.07, 6.45) is -5.63. The second kappa shape index (κ2) is 5.19. The van der Waals surface area contributed by atoms with Crippen molar-refractivity contribution in [3.63, 3.8) is 0 Å². The number of carboxylic acids is 1. The molecule has 1 aromatic rings. The number of carbonyl (C=O) groups is 2. The number of aryl methyl sites for hydroxylation is 1. The Morgan fingerprint density at radius 1 is 1.32 bits per heavy atom. The van der Waals surface area contributed by atoms with Crippen LogP contribution in [-0.2, 0) is 4.79 Å². The highest BCUT2D eigenvalue weighted by atomic mass is 19.4. The number of alkyl halides is 3. The maximum Gasteiger partial charge on any atom is 0.406 e. The van der Waals surface area contributed by atoms with Crippen LogP contribution in [0.25, 0.3) is 0 Å². The van der Waals surface area contributed by atoms with Gasteiger partial charge in [-0.25, -0.2) is 0 Å². The number of phenols is 1.